The van der Waals surface area contributed by atoms with Gasteiger partial charge in [-0.2, -0.15) is 0 Å². The highest BCUT2D eigenvalue weighted by Gasteiger charge is 2.33. The van der Waals surface area contributed by atoms with Crippen LogP contribution in [0.3, 0.4) is 0 Å². The number of amides is 2. The number of hydrogen-bond acceptors (Lipinski definition) is 7. The van der Waals surface area contributed by atoms with Crippen LogP contribution in [-0.4, -0.2) is 42.2 Å². The van der Waals surface area contributed by atoms with Crippen molar-refractivity contribution >= 4 is 23.9 Å². The van der Waals surface area contributed by atoms with E-state index < -0.39 is 23.9 Å². The molecule has 1 aromatic rings. The summed E-state index contributed by atoms with van der Waals surface area (Å²) in [5, 5.41) is 0.377. The molecule has 0 atom stereocenters. The van der Waals surface area contributed by atoms with Crippen LogP contribution in [0.5, 0.6) is 0 Å². The molecule has 0 radical (unpaired) electrons. The van der Waals surface area contributed by atoms with Gasteiger partial charge in [-0.15, -0.1) is 0 Å². The predicted octanol–water partition coefficient (Wildman–Crippen LogP) is 1.37. The van der Waals surface area contributed by atoms with Crippen LogP contribution in [-0.2, 0) is 23.9 Å². The van der Waals surface area contributed by atoms with Gasteiger partial charge in [0.1, 0.15) is 13.2 Å². The van der Waals surface area contributed by atoms with Crippen molar-refractivity contribution in [2.75, 3.05) is 13.2 Å². The van der Waals surface area contributed by atoms with Gasteiger partial charge in [0, 0.05) is 12.8 Å². The van der Waals surface area contributed by atoms with Crippen LogP contribution in [0, 0.1) is 6.92 Å². The highest BCUT2D eigenvalue weighted by Crippen LogP contribution is 2.12. The Bertz CT molecular complexity index is 624. The van der Waals surface area contributed by atoms with E-state index in [1.165, 1.54) is 0 Å². The fourth-order valence-corrected chi connectivity index (χ4v) is 1.90. The number of aryl methyl sites for hydroxylation is 1. The molecule has 0 unspecified atom stereocenters. The molecule has 0 aromatic heterocycles. The summed E-state index contributed by atoms with van der Waals surface area (Å²) < 4.78 is 9.58. The maximum atomic E-state index is 11.8. The summed E-state index contributed by atoms with van der Waals surface area (Å²) >= 11 is 0. The fraction of sp³-hybridized carbons (Fsp3) is 0.333. The summed E-state index contributed by atoms with van der Waals surface area (Å²) in [5.74, 6) is -1.74. The molecule has 2 amide bonds. The van der Waals surface area contributed by atoms with Crippen molar-refractivity contribution < 1.29 is 33.5 Å². The van der Waals surface area contributed by atoms with Crippen LogP contribution in [0.25, 0.3) is 0 Å². The Kier molecular flexibility index (Phi) is 5.29. The van der Waals surface area contributed by atoms with Crippen LogP contribution in [0.1, 0.15) is 28.8 Å². The number of benzene rings is 1. The van der Waals surface area contributed by atoms with Gasteiger partial charge in [0.05, 0.1) is 5.56 Å². The van der Waals surface area contributed by atoms with E-state index in [0.717, 1.165) is 5.56 Å². The first-order valence-corrected chi connectivity index (χ1v) is 6.92. The van der Waals surface area contributed by atoms with E-state index in [9.17, 15) is 19.2 Å². The summed E-state index contributed by atoms with van der Waals surface area (Å²) in [6, 6.07) is 6.90. The lowest BCUT2D eigenvalue weighted by atomic mass is 10.1. The van der Waals surface area contributed by atoms with E-state index in [1.807, 2.05) is 0 Å². The number of ether oxygens (including phenoxy) is 2. The zero-order chi connectivity index (χ0) is 16.8. The Morgan fingerprint density at radius 3 is 2.30 bits per heavy atom. The van der Waals surface area contributed by atoms with Crippen molar-refractivity contribution in [1.82, 2.24) is 5.06 Å². The van der Waals surface area contributed by atoms with Crippen LogP contribution in [0.2, 0.25) is 0 Å². The molecule has 8 heteroatoms. The minimum atomic E-state index is -1.21. The highest BCUT2D eigenvalue weighted by atomic mass is 16.8. The average molecular weight is 321 g/mol. The summed E-state index contributed by atoms with van der Waals surface area (Å²) in [5.41, 5.74) is 1.19. The van der Waals surface area contributed by atoms with Crippen LogP contribution >= 0.6 is 0 Å². The topological polar surface area (TPSA) is 99.2 Å². The number of hydrogen-bond donors (Lipinski definition) is 0. The van der Waals surface area contributed by atoms with Crippen molar-refractivity contribution in [2.45, 2.75) is 19.8 Å². The largest absolute Gasteiger partial charge is 0.534 e. The second-order valence-corrected chi connectivity index (χ2v) is 4.72. The fourth-order valence-electron chi connectivity index (χ4n) is 1.90. The Morgan fingerprint density at radius 2 is 1.65 bits per heavy atom. The first kappa shape index (κ1) is 16.5. The molecule has 0 N–H and O–H groups in total. The van der Waals surface area contributed by atoms with Gasteiger partial charge in [-0.1, -0.05) is 23.3 Å². The molecule has 1 aliphatic rings. The number of esters is 1. The van der Waals surface area contributed by atoms with Gasteiger partial charge in [0.25, 0.3) is 11.8 Å². The van der Waals surface area contributed by atoms with Gasteiger partial charge in [0.15, 0.2) is 0 Å². The van der Waals surface area contributed by atoms with Gasteiger partial charge in [-0.3, -0.25) is 14.4 Å². The van der Waals surface area contributed by atoms with Crippen LogP contribution in [0.4, 0.5) is 4.79 Å². The lowest BCUT2D eigenvalue weighted by molar-refractivity contribution is -0.177. The molecule has 0 saturated carbocycles. The van der Waals surface area contributed by atoms with Gasteiger partial charge in [-0.05, 0) is 18.6 Å². The zero-order valence-electron chi connectivity index (χ0n) is 12.4. The summed E-state index contributed by atoms with van der Waals surface area (Å²) in [6.07, 6.45) is -1.21. The molecule has 23 heavy (non-hydrogen) atoms. The lowest BCUT2D eigenvalue weighted by Crippen LogP contribution is -2.32. The Balaban J connectivity index is 1.70. The minimum Gasteiger partial charge on any atom is -0.458 e. The van der Waals surface area contributed by atoms with Crippen molar-refractivity contribution in [3.8, 4) is 0 Å². The van der Waals surface area contributed by atoms with Gasteiger partial charge in [0.2, 0.25) is 0 Å². The molecule has 0 spiro atoms. The number of carbonyl (C=O) groups is 4. The molecule has 0 bridgehead atoms. The first-order chi connectivity index (χ1) is 11.0. The van der Waals surface area contributed by atoms with Gasteiger partial charge < -0.3 is 9.47 Å². The maximum Gasteiger partial charge on any atom is 0.534 e. The number of hydroxylamine groups is 2. The van der Waals surface area contributed by atoms with E-state index >= 15 is 0 Å². The molecule has 1 saturated heterocycles. The van der Waals surface area contributed by atoms with E-state index in [2.05, 4.69) is 9.57 Å². The van der Waals surface area contributed by atoms with Crippen molar-refractivity contribution in [3.63, 3.8) is 0 Å². The van der Waals surface area contributed by atoms with Crippen LogP contribution in [0.15, 0.2) is 24.3 Å². The molecule has 2 rings (SSSR count). The van der Waals surface area contributed by atoms with E-state index in [-0.39, 0.29) is 26.1 Å². The predicted molar refractivity (Wildman–Crippen MR) is 75.0 cm³/mol. The first-order valence-electron chi connectivity index (χ1n) is 6.92. The molecule has 122 valence electrons. The molecule has 1 fully saturated rings. The van der Waals surface area contributed by atoms with Crippen molar-refractivity contribution in [2.24, 2.45) is 0 Å². The quantitative estimate of drug-likeness (QED) is 0.459. The molecule has 0 aliphatic carbocycles. The summed E-state index contributed by atoms with van der Waals surface area (Å²) in [4.78, 5) is 50.1. The standard InChI is InChI=1S/C15H15NO7/c1-10-4-2-3-5-11(10)14(19)21-8-9-22-15(20)23-16-12(17)6-7-13(16)18/h2-5H,6-9H2,1H3. The average Bonchev–Trinajstić information content (AvgIpc) is 2.83. The Morgan fingerprint density at radius 1 is 1.04 bits per heavy atom. The third kappa shape index (κ3) is 4.29. The smallest absolute Gasteiger partial charge is 0.458 e. The Hall–Kier alpha value is -2.90. The summed E-state index contributed by atoms with van der Waals surface area (Å²) in [6.45, 7) is 1.34. The van der Waals surface area contributed by atoms with Crippen molar-refractivity contribution in [1.29, 1.82) is 0 Å². The molecule has 8 nitrogen and oxygen atoms in total. The zero-order valence-corrected chi connectivity index (χ0v) is 12.4. The lowest BCUT2D eigenvalue weighted by Gasteiger charge is -2.12. The number of nitrogens with zero attached hydrogens (tertiary/aromatic N) is 1. The third-order valence-corrected chi connectivity index (χ3v) is 3.07. The molecular formula is C15H15NO7. The van der Waals surface area contributed by atoms with E-state index in [0.29, 0.717) is 10.6 Å². The number of carbonyl (C=O) groups excluding carboxylic acids is 4. The molecular weight excluding hydrogens is 306 g/mol. The van der Waals surface area contributed by atoms with Crippen molar-refractivity contribution in [3.05, 3.63) is 35.4 Å². The maximum absolute atomic E-state index is 11.8. The van der Waals surface area contributed by atoms with Gasteiger partial charge >= 0.3 is 12.1 Å². The minimum absolute atomic E-state index is 0.000152. The number of rotatable bonds is 5. The second-order valence-electron chi connectivity index (χ2n) is 4.72. The van der Waals surface area contributed by atoms with Gasteiger partial charge in [-0.25, -0.2) is 9.59 Å². The molecule has 1 aromatic carbocycles. The molecule has 1 aliphatic heterocycles. The third-order valence-electron chi connectivity index (χ3n) is 3.07. The molecule has 1 heterocycles. The normalized spacial score (nSPS) is 13.9. The van der Waals surface area contributed by atoms with E-state index in [1.54, 1.807) is 31.2 Å². The van der Waals surface area contributed by atoms with E-state index in [4.69, 9.17) is 4.74 Å². The Labute approximate surface area is 131 Å². The number of imide groups is 1. The SMILES string of the molecule is Cc1ccccc1C(=O)OCCOC(=O)ON1C(=O)CCC1=O. The highest BCUT2D eigenvalue weighted by molar-refractivity contribution is 6.01. The summed E-state index contributed by atoms with van der Waals surface area (Å²) in [7, 11) is 0. The van der Waals surface area contributed by atoms with Crippen LogP contribution < -0.4 is 0 Å². The monoisotopic (exact) mass is 321 g/mol. The second kappa shape index (κ2) is 7.39.